The molecule has 0 radical (unpaired) electrons. The predicted octanol–water partition coefficient (Wildman–Crippen LogP) is 2.93. The molecule has 1 aromatic carbocycles. The normalized spacial score (nSPS) is 9.18. The summed E-state index contributed by atoms with van der Waals surface area (Å²) in [4.78, 5) is 0. The van der Waals surface area contributed by atoms with Gasteiger partial charge in [0.25, 0.3) is 0 Å². The van der Waals surface area contributed by atoms with Gasteiger partial charge in [-0.2, -0.15) is 0 Å². The van der Waals surface area contributed by atoms with Crippen molar-refractivity contribution in [2.24, 2.45) is 0 Å². The molecule has 0 aliphatic heterocycles. The van der Waals surface area contributed by atoms with E-state index in [0.29, 0.717) is 4.20 Å². The van der Waals surface area contributed by atoms with E-state index in [9.17, 15) is 0 Å². The fraction of sp³-hybridized carbons (Fsp3) is 0. The summed E-state index contributed by atoms with van der Waals surface area (Å²) in [5.74, 6) is 0. The van der Waals surface area contributed by atoms with E-state index in [1.54, 1.807) is 6.08 Å². The third-order valence-electron chi connectivity index (χ3n) is 1.39. The van der Waals surface area contributed by atoms with Crippen molar-refractivity contribution >= 4 is 35.1 Å². The molecule has 0 unspecified atom stereocenters. The first kappa shape index (κ1) is 8.50. The van der Waals surface area contributed by atoms with Gasteiger partial charge in [-0.15, -0.1) is 12.6 Å². The van der Waals surface area contributed by atoms with Crippen molar-refractivity contribution in [1.29, 1.82) is 0 Å². The molecular formula is C9H8S2. The Morgan fingerprint density at radius 1 is 1.36 bits per heavy atom. The summed E-state index contributed by atoms with van der Waals surface area (Å²) in [6, 6.07) is 7.80. The van der Waals surface area contributed by atoms with Crippen LogP contribution in [0.5, 0.6) is 0 Å². The van der Waals surface area contributed by atoms with E-state index in [0.717, 1.165) is 11.1 Å². The fourth-order valence-corrected chi connectivity index (χ4v) is 1.05. The van der Waals surface area contributed by atoms with Crippen LogP contribution in [0.4, 0.5) is 0 Å². The molecule has 0 N–H and O–H groups in total. The van der Waals surface area contributed by atoms with Crippen molar-refractivity contribution in [1.82, 2.24) is 0 Å². The van der Waals surface area contributed by atoms with Gasteiger partial charge in [0.2, 0.25) is 0 Å². The van der Waals surface area contributed by atoms with Crippen molar-refractivity contribution in [3.63, 3.8) is 0 Å². The van der Waals surface area contributed by atoms with Crippen molar-refractivity contribution < 1.29 is 0 Å². The highest BCUT2D eigenvalue weighted by Crippen LogP contribution is 2.08. The molecular weight excluding hydrogens is 172 g/mol. The monoisotopic (exact) mass is 180 g/mol. The van der Waals surface area contributed by atoms with Crippen LogP contribution >= 0.6 is 24.8 Å². The maximum Gasteiger partial charge on any atom is 0.0747 e. The Kier molecular flexibility index (Phi) is 2.85. The van der Waals surface area contributed by atoms with Gasteiger partial charge in [-0.3, -0.25) is 0 Å². The van der Waals surface area contributed by atoms with Crippen molar-refractivity contribution in [3.8, 4) is 0 Å². The minimum Gasteiger partial charge on any atom is -0.131 e. The second kappa shape index (κ2) is 3.69. The average Bonchev–Trinajstić information content (AvgIpc) is 2.05. The summed E-state index contributed by atoms with van der Waals surface area (Å²) in [5.41, 5.74) is 2.08. The molecule has 0 nitrogen and oxygen atoms in total. The summed E-state index contributed by atoms with van der Waals surface area (Å²) < 4.78 is 0.626. The first-order valence-electron chi connectivity index (χ1n) is 3.20. The number of rotatable bonds is 2. The molecule has 0 saturated carbocycles. The molecule has 0 amide bonds. The predicted molar refractivity (Wildman–Crippen MR) is 57.2 cm³/mol. The highest BCUT2D eigenvalue weighted by atomic mass is 32.1. The van der Waals surface area contributed by atoms with E-state index in [-0.39, 0.29) is 0 Å². The van der Waals surface area contributed by atoms with Crippen LogP contribution in [-0.2, 0) is 0 Å². The largest absolute Gasteiger partial charge is 0.131 e. The maximum absolute atomic E-state index is 4.88. The van der Waals surface area contributed by atoms with E-state index in [1.807, 2.05) is 24.3 Å². The highest BCUT2D eigenvalue weighted by Gasteiger charge is 1.93. The van der Waals surface area contributed by atoms with Gasteiger partial charge >= 0.3 is 0 Å². The van der Waals surface area contributed by atoms with Gasteiger partial charge < -0.3 is 0 Å². The fourth-order valence-electron chi connectivity index (χ4n) is 0.762. The minimum atomic E-state index is 0.626. The number of thiol groups is 1. The molecule has 0 aromatic heterocycles. The van der Waals surface area contributed by atoms with Crippen LogP contribution in [0.25, 0.3) is 6.08 Å². The molecule has 1 aromatic rings. The zero-order valence-corrected chi connectivity index (χ0v) is 7.66. The summed E-state index contributed by atoms with van der Waals surface area (Å²) in [6.45, 7) is 3.65. The molecule has 0 bridgehead atoms. The van der Waals surface area contributed by atoms with Gasteiger partial charge in [0.1, 0.15) is 0 Å². The third-order valence-corrected chi connectivity index (χ3v) is 1.89. The Hall–Kier alpha value is -0.600. The molecule has 0 aliphatic rings. The molecule has 2 heteroatoms. The molecule has 11 heavy (non-hydrogen) atoms. The highest BCUT2D eigenvalue weighted by molar-refractivity contribution is 8.11. The van der Waals surface area contributed by atoms with Crippen LogP contribution in [0.3, 0.4) is 0 Å². The van der Waals surface area contributed by atoms with Crippen molar-refractivity contribution in [2.75, 3.05) is 0 Å². The summed E-state index contributed by atoms with van der Waals surface area (Å²) in [5, 5.41) is 0. The SMILES string of the molecule is C=Cc1ccc(C(=S)S)cc1. The number of thiocarbonyl (C=S) groups is 1. The van der Waals surface area contributed by atoms with E-state index in [1.165, 1.54) is 0 Å². The van der Waals surface area contributed by atoms with Gasteiger partial charge in [0.05, 0.1) is 4.20 Å². The van der Waals surface area contributed by atoms with Gasteiger partial charge in [-0.1, -0.05) is 49.1 Å². The van der Waals surface area contributed by atoms with E-state index >= 15 is 0 Å². The van der Waals surface area contributed by atoms with Crippen LogP contribution < -0.4 is 0 Å². The van der Waals surface area contributed by atoms with Crippen LogP contribution in [0, 0.1) is 0 Å². The van der Waals surface area contributed by atoms with Crippen molar-refractivity contribution in [2.45, 2.75) is 0 Å². The summed E-state index contributed by atoms with van der Waals surface area (Å²) in [6.07, 6.45) is 1.80. The van der Waals surface area contributed by atoms with E-state index < -0.39 is 0 Å². The van der Waals surface area contributed by atoms with Gasteiger partial charge in [0, 0.05) is 0 Å². The summed E-state index contributed by atoms with van der Waals surface area (Å²) in [7, 11) is 0. The topological polar surface area (TPSA) is 0 Å². The Bertz CT molecular complexity index is 272. The van der Waals surface area contributed by atoms with Gasteiger partial charge in [0.15, 0.2) is 0 Å². The number of hydrogen-bond acceptors (Lipinski definition) is 1. The van der Waals surface area contributed by atoms with E-state index in [2.05, 4.69) is 19.2 Å². The molecule has 0 spiro atoms. The van der Waals surface area contributed by atoms with E-state index in [4.69, 9.17) is 12.2 Å². The van der Waals surface area contributed by atoms with Crippen LogP contribution in [0.1, 0.15) is 11.1 Å². The minimum absolute atomic E-state index is 0.626. The Morgan fingerprint density at radius 3 is 2.27 bits per heavy atom. The molecule has 56 valence electrons. The lowest BCUT2D eigenvalue weighted by molar-refractivity contribution is 1.64. The zero-order chi connectivity index (χ0) is 8.27. The average molecular weight is 180 g/mol. The first-order valence-corrected chi connectivity index (χ1v) is 4.05. The zero-order valence-electron chi connectivity index (χ0n) is 5.95. The molecule has 0 atom stereocenters. The Labute approximate surface area is 77.4 Å². The first-order chi connectivity index (χ1) is 5.24. The Balaban J connectivity index is 3.00. The quantitative estimate of drug-likeness (QED) is 0.539. The Morgan fingerprint density at radius 2 is 1.91 bits per heavy atom. The lowest BCUT2D eigenvalue weighted by atomic mass is 10.1. The number of benzene rings is 1. The molecule has 1 rings (SSSR count). The smallest absolute Gasteiger partial charge is 0.0747 e. The molecule has 0 heterocycles. The standard InChI is InChI=1S/C9H8S2/c1-2-7-3-5-8(6-4-7)9(10)11/h2-6H,1H2,(H,10,11). The molecule has 0 aliphatic carbocycles. The summed E-state index contributed by atoms with van der Waals surface area (Å²) >= 11 is 8.94. The lowest BCUT2D eigenvalue weighted by Gasteiger charge is -1.96. The number of hydrogen-bond donors (Lipinski definition) is 1. The third kappa shape index (κ3) is 2.17. The van der Waals surface area contributed by atoms with Gasteiger partial charge in [-0.25, -0.2) is 0 Å². The second-order valence-electron chi connectivity index (χ2n) is 2.13. The van der Waals surface area contributed by atoms with Crippen molar-refractivity contribution in [3.05, 3.63) is 42.0 Å². The van der Waals surface area contributed by atoms with Crippen LogP contribution in [0.15, 0.2) is 30.8 Å². The molecule has 0 fully saturated rings. The van der Waals surface area contributed by atoms with Crippen LogP contribution in [0.2, 0.25) is 0 Å². The lowest BCUT2D eigenvalue weighted by Crippen LogP contribution is -1.85. The maximum atomic E-state index is 4.88. The second-order valence-corrected chi connectivity index (χ2v) is 3.29. The van der Waals surface area contributed by atoms with Crippen LogP contribution in [-0.4, -0.2) is 4.20 Å². The van der Waals surface area contributed by atoms with Gasteiger partial charge in [-0.05, 0) is 11.1 Å². The molecule has 0 saturated heterocycles.